The van der Waals surface area contributed by atoms with Gasteiger partial charge in [-0.05, 0) is 39.0 Å². The number of ether oxygens (including phenoxy) is 1. The number of halogens is 6. The van der Waals surface area contributed by atoms with Crippen molar-refractivity contribution in [2.45, 2.75) is 83.7 Å². The zero-order valence-electron chi connectivity index (χ0n) is 14.1. The Bertz CT molecular complexity index is 423. The molecule has 0 amide bonds. The SMILES string of the molecule is CCCC(=O)OC(C)(C1CCCCC1)C(C)(C(F)(F)F)C(F)(F)F. The fourth-order valence-electron chi connectivity index (χ4n) is 3.46. The van der Waals surface area contributed by atoms with Crippen molar-refractivity contribution in [3.05, 3.63) is 0 Å². The summed E-state index contributed by atoms with van der Waals surface area (Å²) in [6, 6.07) is 0. The van der Waals surface area contributed by atoms with Crippen molar-refractivity contribution in [3.63, 3.8) is 0 Å². The monoisotopic (exact) mass is 362 g/mol. The second kappa shape index (κ2) is 7.12. The molecule has 0 heterocycles. The Morgan fingerprint density at radius 1 is 0.958 bits per heavy atom. The van der Waals surface area contributed by atoms with Crippen LogP contribution in [-0.4, -0.2) is 23.9 Å². The van der Waals surface area contributed by atoms with Crippen LogP contribution >= 0.6 is 0 Å². The van der Waals surface area contributed by atoms with E-state index in [1.807, 2.05) is 0 Å². The number of hydrogen-bond acceptors (Lipinski definition) is 2. The second-order valence-electron chi connectivity index (χ2n) is 6.79. The Hall–Kier alpha value is -0.950. The minimum atomic E-state index is -5.59. The lowest BCUT2D eigenvalue weighted by molar-refractivity contribution is -0.388. The summed E-state index contributed by atoms with van der Waals surface area (Å²) in [6.45, 7) is 2.52. The first-order valence-corrected chi connectivity index (χ1v) is 8.16. The summed E-state index contributed by atoms with van der Waals surface area (Å²) < 4.78 is 86.4. The first-order valence-electron chi connectivity index (χ1n) is 8.16. The summed E-state index contributed by atoms with van der Waals surface area (Å²) >= 11 is 0. The van der Waals surface area contributed by atoms with Gasteiger partial charge in [0, 0.05) is 6.42 Å². The van der Waals surface area contributed by atoms with Crippen LogP contribution in [0.15, 0.2) is 0 Å². The number of hydrogen-bond donors (Lipinski definition) is 0. The molecule has 24 heavy (non-hydrogen) atoms. The van der Waals surface area contributed by atoms with Crippen LogP contribution < -0.4 is 0 Å². The van der Waals surface area contributed by atoms with Gasteiger partial charge < -0.3 is 4.74 Å². The highest BCUT2D eigenvalue weighted by Crippen LogP contribution is 2.61. The molecule has 0 N–H and O–H groups in total. The molecule has 0 aliphatic heterocycles. The molecule has 0 aromatic heterocycles. The fraction of sp³-hybridized carbons (Fsp3) is 0.938. The molecule has 0 aromatic carbocycles. The van der Waals surface area contributed by atoms with E-state index in [-0.39, 0.29) is 32.6 Å². The predicted octanol–water partition coefficient (Wildman–Crippen LogP) is 5.80. The molecular formula is C16H24F6O2. The first kappa shape index (κ1) is 21.1. The minimum Gasteiger partial charge on any atom is -0.458 e. The van der Waals surface area contributed by atoms with E-state index in [9.17, 15) is 31.1 Å². The molecule has 0 aromatic rings. The van der Waals surface area contributed by atoms with Crippen LogP contribution in [0.4, 0.5) is 26.3 Å². The van der Waals surface area contributed by atoms with Gasteiger partial charge in [0.2, 0.25) is 0 Å². The summed E-state index contributed by atoms with van der Waals surface area (Å²) in [7, 11) is 0. The number of carbonyl (C=O) groups is 1. The molecular weight excluding hydrogens is 338 g/mol. The highest BCUT2D eigenvalue weighted by Gasteiger charge is 2.78. The van der Waals surface area contributed by atoms with E-state index >= 15 is 0 Å². The van der Waals surface area contributed by atoms with E-state index in [0.29, 0.717) is 12.8 Å². The Morgan fingerprint density at radius 2 is 1.42 bits per heavy atom. The van der Waals surface area contributed by atoms with Crippen molar-refractivity contribution in [3.8, 4) is 0 Å². The Labute approximate surface area is 137 Å². The van der Waals surface area contributed by atoms with Gasteiger partial charge in [0.05, 0.1) is 0 Å². The molecule has 1 fully saturated rings. The third kappa shape index (κ3) is 3.67. The number of carbonyl (C=O) groups excluding carboxylic acids is 1. The minimum absolute atomic E-state index is 0.112. The Kier molecular flexibility index (Phi) is 6.26. The van der Waals surface area contributed by atoms with Gasteiger partial charge in [0.25, 0.3) is 0 Å². The lowest BCUT2D eigenvalue weighted by Crippen LogP contribution is -2.66. The van der Waals surface area contributed by atoms with Crippen molar-refractivity contribution in [1.29, 1.82) is 0 Å². The van der Waals surface area contributed by atoms with E-state index < -0.39 is 35.3 Å². The summed E-state index contributed by atoms with van der Waals surface area (Å²) in [5.41, 5.74) is -6.81. The molecule has 0 radical (unpaired) electrons. The number of esters is 1. The average Bonchev–Trinajstić information content (AvgIpc) is 2.44. The topological polar surface area (TPSA) is 26.3 Å². The van der Waals surface area contributed by atoms with Crippen molar-refractivity contribution in [2.24, 2.45) is 11.3 Å². The third-order valence-electron chi connectivity index (χ3n) is 5.29. The maximum atomic E-state index is 13.6. The van der Waals surface area contributed by atoms with Crippen LogP contribution in [0, 0.1) is 11.3 Å². The summed E-state index contributed by atoms with van der Waals surface area (Å²) in [5.74, 6) is -2.01. The van der Waals surface area contributed by atoms with Gasteiger partial charge in [0.15, 0.2) is 5.41 Å². The molecule has 1 saturated carbocycles. The van der Waals surface area contributed by atoms with E-state index in [0.717, 1.165) is 13.3 Å². The predicted molar refractivity (Wildman–Crippen MR) is 76.2 cm³/mol. The van der Waals surface area contributed by atoms with Gasteiger partial charge in [-0.3, -0.25) is 4.79 Å². The molecule has 1 unspecified atom stereocenters. The molecule has 1 rings (SSSR count). The lowest BCUT2D eigenvalue weighted by atomic mass is 9.62. The summed E-state index contributed by atoms with van der Waals surface area (Å²) in [4.78, 5) is 11.8. The Balaban J connectivity index is 3.44. The normalized spacial score (nSPS) is 20.5. The quantitative estimate of drug-likeness (QED) is 0.456. The smallest absolute Gasteiger partial charge is 0.406 e. The van der Waals surface area contributed by atoms with Gasteiger partial charge in [-0.15, -0.1) is 0 Å². The van der Waals surface area contributed by atoms with Gasteiger partial charge in [-0.25, -0.2) is 0 Å². The number of alkyl halides is 6. The average molecular weight is 362 g/mol. The standard InChI is InChI=1S/C16H24F6O2/c1-4-8-12(23)24-13(2,11-9-6-5-7-10-11)14(3,15(17,18)19)16(20,21)22/h11H,4-10H2,1-3H3. The van der Waals surface area contributed by atoms with Crippen molar-refractivity contribution >= 4 is 5.97 Å². The number of rotatable bonds is 5. The molecule has 142 valence electrons. The third-order valence-corrected chi connectivity index (χ3v) is 5.29. The molecule has 1 aliphatic carbocycles. The Morgan fingerprint density at radius 3 is 1.79 bits per heavy atom. The van der Waals surface area contributed by atoms with Crippen molar-refractivity contribution in [2.75, 3.05) is 0 Å². The highest BCUT2D eigenvalue weighted by atomic mass is 19.4. The highest BCUT2D eigenvalue weighted by molar-refractivity contribution is 5.70. The van der Waals surface area contributed by atoms with Crippen LogP contribution in [0.1, 0.15) is 65.7 Å². The van der Waals surface area contributed by atoms with Gasteiger partial charge in [0.1, 0.15) is 5.60 Å². The largest absolute Gasteiger partial charge is 0.458 e. The fourth-order valence-corrected chi connectivity index (χ4v) is 3.46. The van der Waals surface area contributed by atoms with E-state index in [4.69, 9.17) is 4.74 Å². The zero-order chi connectivity index (χ0) is 18.8. The zero-order valence-corrected chi connectivity index (χ0v) is 14.1. The molecule has 0 spiro atoms. The lowest BCUT2D eigenvalue weighted by Gasteiger charge is -2.51. The van der Waals surface area contributed by atoms with Crippen LogP contribution in [0.25, 0.3) is 0 Å². The van der Waals surface area contributed by atoms with Crippen LogP contribution in [0.3, 0.4) is 0 Å². The summed E-state index contributed by atoms with van der Waals surface area (Å²) in [6.07, 6.45) is -8.95. The molecule has 1 aliphatic rings. The second-order valence-corrected chi connectivity index (χ2v) is 6.79. The van der Waals surface area contributed by atoms with Crippen molar-refractivity contribution < 1.29 is 35.9 Å². The van der Waals surface area contributed by atoms with E-state index in [1.54, 1.807) is 6.92 Å². The first-order chi connectivity index (χ1) is 10.8. The van der Waals surface area contributed by atoms with Crippen molar-refractivity contribution in [1.82, 2.24) is 0 Å². The molecule has 2 nitrogen and oxygen atoms in total. The molecule has 0 bridgehead atoms. The molecule has 0 saturated heterocycles. The van der Waals surface area contributed by atoms with E-state index in [2.05, 4.69) is 0 Å². The van der Waals surface area contributed by atoms with Gasteiger partial charge in [-0.2, -0.15) is 26.3 Å². The maximum Gasteiger partial charge on any atom is 0.406 e. The summed E-state index contributed by atoms with van der Waals surface area (Å²) in [5, 5.41) is 0. The van der Waals surface area contributed by atoms with E-state index in [1.165, 1.54) is 0 Å². The van der Waals surface area contributed by atoms with Gasteiger partial charge >= 0.3 is 18.3 Å². The molecule has 8 heteroatoms. The molecule has 1 atom stereocenters. The van der Waals surface area contributed by atoms with Crippen LogP contribution in [-0.2, 0) is 9.53 Å². The maximum absolute atomic E-state index is 13.6. The van der Waals surface area contributed by atoms with Crippen LogP contribution in [0.5, 0.6) is 0 Å². The van der Waals surface area contributed by atoms with Gasteiger partial charge in [-0.1, -0.05) is 26.2 Å². The van der Waals surface area contributed by atoms with Crippen LogP contribution in [0.2, 0.25) is 0 Å².